The second-order valence-electron chi connectivity index (χ2n) is 7.20. The van der Waals surface area contributed by atoms with E-state index in [0.717, 1.165) is 28.7 Å². The molecule has 0 saturated carbocycles. The van der Waals surface area contributed by atoms with Crippen molar-refractivity contribution in [2.24, 2.45) is 0 Å². The normalized spacial score (nSPS) is 11.5. The number of nitrogens with one attached hydrogen (secondary N) is 4. The third-order valence-electron chi connectivity index (χ3n) is 4.63. The zero-order chi connectivity index (χ0) is 21.8. The summed E-state index contributed by atoms with van der Waals surface area (Å²) in [6.45, 7) is 4.33. The Bertz CT molecular complexity index is 1320. The van der Waals surface area contributed by atoms with E-state index in [1.165, 1.54) is 0 Å². The molecule has 9 heteroatoms. The number of aromatic amines is 1. The monoisotopic (exact) mass is 436 g/mol. The Kier molecular flexibility index (Phi) is 5.88. The molecule has 0 spiro atoms. The first-order valence-corrected chi connectivity index (χ1v) is 11.5. The van der Waals surface area contributed by atoms with Crippen LogP contribution in [0.1, 0.15) is 19.0 Å². The number of sulfonamides is 1. The summed E-state index contributed by atoms with van der Waals surface area (Å²) in [5.41, 5.74) is 3.68. The van der Waals surface area contributed by atoms with Gasteiger partial charge in [0.15, 0.2) is 0 Å². The maximum atomic E-state index is 12.4. The maximum absolute atomic E-state index is 12.4. The lowest BCUT2D eigenvalue weighted by Gasteiger charge is -2.10. The molecule has 0 aliphatic heterocycles. The predicted octanol–water partition coefficient (Wildman–Crippen LogP) is 4.44. The van der Waals surface area contributed by atoms with Gasteiger partial charge in [0.25, 0.3) is 0 Å². The molecular weight excluding hydrogens is 412 g/mol. The molecule has 0 bridgehead atoms. The van der Waals surface area contributed by atoms with Crippen LogP contribution in [0.25, 0.3) is 10.9 Å². The number of aromatic nitrogens is 3. The molecule has 0 unspecified atom stereocenters. The number of anilines is 4. The second-order valence-corrected chi connectivity index (χ2v) is 8.96. The average Bonchev–Trinajstić information content (AvgIpc) is 3.12. The number of nitrogens with zero attached hydrogens (tertiary/aromatic N) is 2. The van der Waals surface area contributed by atoms with Gasteiger partial charge in [0.1, 0.15) is 5.82 Å². The summed E-state index contributed by atoms with van der Waals surface area (Å²) >= 11 is 0. The van der Waals surface area contributed by atoms with Gasteiger partial charge in [-0.15, -0.1) is 0 Å². The molecule has 0 fully saturated rings. The van der Waals surface area contributed by atoms with Crippen molar-refractivity contribution >= 4 is 44.1 Å². The van der Waals surface area contributed by atoms with Crippen LogP contribution in [0.2, 0.25) is 0 Å². The van der Waals surface area contributed by atoms with Crippen molar-refractivity contribution < 1.29 is 8.42 Å². The number of benzene rings is 2. The number of aryl methyl sites for hydroxylation is 1. The van der Waals surface area contributed by atoms with Crippen LogP contribution in [-0.4, -0.2) is 29.9 Å². The van der Waals surface area contributed by atoms with Crippen molar-refractivity contribution in [2.75, 3.05) is 17.2 Å². The molecule has 8 nitrogen and oxygen atoms in total. The van der Waals surface area contributed by atoms with Gasteiger partial charge < -0.3 is 15.6 Å². The minimum absolute atomic E-state index is 0.190. The first kappa shape index (κ1) is 20.8. The van der Waals surface area contributed by atoms with E-state index in [-0.39, 0.29) is 4.90 Å². The van der Waals surface area contributed by atoms with Crippen LogP contribution >= 0.6 is 0 Å². The van der Waals surface area contributed by atoms with Crippen molar-refractivity contribution in [1.29, 1.82) is 0 Å². The minimum atomic E-state index is -3.55. The lowest BCUT2D eigenvalue weighted by Crippen LogP contribution is -2.24. The number of rotatable bonds is 8. The molecule has 2 heterocycles. The summed E-state index contributed by atoms with van der Waals surface area (Å²) in [6, 6.07) is 16.5. The van der Waals surface area contributed by atoms with Crippen molar-refractivity contribution in [3.05, 3.63) is 66.5 Å². The highest BCUT2D eigenvalue weighted by atomic mass is 32.2. The first-order valence-electron chi connectivity index (χ1n) is 9.99. The van der Waals surface area contributed by atoms with Crippen LogP contribution in [-0.2, 0) is 10.0 Å². The lowest BCUT2D eigenvalue weighted by molar-refractivity contribution is 0.581. The third kappa shape index (κ3) is 5.01. The Morgan fingerprint density at radius 3 is 2.68 bits per heavy atom. The largest absolute Gasteiger partial charge is 0.359 e. The summed E-state index contributed by atoms with van der Waals surface area (Å²) in [6.07, 6.45) is 2.36. The Morgan fingerprint density at radius 1 is 1.00 bits per heavy atom. The first-order chi connectivity index (χ1) is 14.9. The summed E-state index contributed by atoms with van der Waals surface area (Å²) in [4.78, 5) is 12.2. The molecule has 0 radical (unpaired) electrons. The van der Waals surface area contributed by atoms with E-state index < -0.39 is 10.0 Å². The Labute approximate surface area is 181 Å². The summed E-state index contributed by atoms with van der Waals surface area (Å²) in [7, 11) is -3.55. The van der Waals surface area contributed by atoms with Crippen molar-refractivity contribution in [2.45, 2.75) is 25.2 Å². The molecule has 0 amide bonds. The zero-order valence-electron chi connectivity index (χ0n) is 17.3. The van der Waals surface area contributed by atoms with Gasteiger partial charge in [-0.3, -0.25) is 0 Å². The van der Waals surface area contributed by atoms with E-state index in [4.69, 9.17) is 0 Å². The van der Waals surface area contributed by atoms with Crippen LogP contribution in [0.3, 0.4) is 0 Å². The van der Waals surface area contributed by atoms with Crippen molar-refractivity contribution in [1.82, 2.24) is 19.7 Å². The summed E-state index contributed by atoms with van der Waals surface area (Å²) < 4.78 is 27.3. The average molecular weight is 437 g/mol. The molecule has 0 atom stereocenters. The highest BCUT2D eigenvalue weighted by Gasteiger charge is 2.13. The van der Waals surface area contributed by atoms with Crippen LogP contribution in [0, 0.1) is 6.92 Å². The predicted molar refractivity (Wildman–Crippen MR) is 124 cm³/mol. The Morgan fingerprint density at radius 2 is 1.84 bits per heavy atom. The molecule has 4 N–H and O–H groups in total. The molecule has 4 aromatic rings. The smallest absolute Gasteiger partial charge is 0.240 e. The molecule has 4 rings (SSSR count). The lowest BCUT2D eigenvalue weighted by atomic mass is 10.2. The molecule has 0 aliphatic rings. The minimum Gasteiger partial charge on any atom is -0.359 e. The van der Waals surface area contributed by atoms with E-state index in [1.807, 2.05) is 32.0 Å². The molecule has 160 valence electrons. The SMILES string of the molecule is CCCNS(=O)(=O)c1cccc(Nc2nccc(Nc3ccc4[nH]c(C)cc4c3)n2)c1. The summed E-state index contributed by atoms with van der Waals surface area (Å²) in [5, 5.41) is 7.47. The van der Waals surface area contributed by atoms with Gasteiger partial charge in [-0.25, -0.2) is 18.1 Å². The van der Waals surface area contributed by atoms with E-state index in [0.29, 0.717) is 24.0 Å². The van der Waals surface area contributed by atoms with Gasteiger partial charge in [0.05, 0.1) is 4.90 Å². The number of hydrogen-bond donors (Lipinski definition) is 4. The molecule has 0 aliphatic carbocycles. The molecule has 2 aromatic heterocycles. The van der Waals surface area contributed by atoms with E-state index >= 15 is 0 Å². The van der Waals surface area contributed by atoms with Crippen molar-refractivity contribution in [3.63, 3.8) is 0 Å². The Hall–Kier alpha value is -3.43. The number of fused-ring (bicyclic) bond motifs is 1. The topological polar surface area (TPSA) is 112 Å². The highest BCUT2D eigenvalue weighted by Crippen LogP contribution is 2.23. The van der Waals surface area contributed by atoms with Gasteiger partial charge in [-0.1, -0.05) is 13.0 Å². The number of H-pyrrole nitrogens is 1. The standard InChI is InChI=1S/C22H24N6O2S/c1-3-10-24-31(29,30)19-6-4-5-17(14-19)27-22-23-11-9-21(28-22)26-18-7-8-20-16(13-18)12-15(2)25-20/h4-9,11-14,24-25H,3,10H2,1-2H3,(H2,23,26,27,28). The van der Waals surface area contributed by atoms with Crippen LogP contribution in [0.15, 0.2) is 65.7 Å². The van der Waals surface area contributed by atoms with Crippen molar-refractivity contribution in [3.8, 4) is 0 Å². The quantitative estimate of drug-likeness (QED) is 0.325. The van der Waals surface area contributed by atoms with Crippen LogP contribution in [0.5, 0.6) is 0 Å². The van der Waals surface area contributed by atoms with Gasteiger partial charge >= 0.3 is 0 Å². The highest BCUT2D eigenvalue weighted by molar-refractivity contribution is 7.89. The second kappa shape index (κ2) is 8.75. The maximum Gasteiger partial charge on any atom is 0.240 e. The third-order valence-corrected chi connectivity index (χ3v) is 6.08. The van der Waals surface area contributed by atoms with Crippen LogP contribution in [0.4, 0.5) is 23.1 Å². The zero-order valence-corrected chi connectivity index (χ0v) is 18.1. The fraction of sp³-hybridized carbons (Fsp3) is 0.182. The number of hydrogen-bond acceptors (Lipinski definition) is 6. The van der Waals surface area contributed by atoms with Gasteiger partial charge in [-0.05, 0) is 61.9 Å². The fourth-order valence-electron chi connectivity index (χ4n) is 3.18. The van der Waals surface area contributed by atoms with Gasteiger partial charge in [-0.2, -0.15) is 4.98 Å². The Balaban J connectivity index is 1.51. The van der Waals surface area contributed by atoms with Gasteiger partial charge in [0, 0.05) is 40.7 Å². The fourth-order valence-corrected chi connectivity index (χ4v) is 4.36. The van der Waals surface area contributed by atoms with Crippen LogP contribution < -0.4 is 15.4 Å². The van der Waals surface area contributed by atoms with Gasteiger partial charge in [0.2, 0.25) is 16.0 Å². The van der Waals surface area contributed by atoms with E-state index in [2.05, 4.69) is 36.4 Å². The molecular formula is C22H24N6O2S. The summed E-state index contributed by atoms with van der Waals surface area (Å²) in [5.74, 6) is 0.983. The molecule has 31 heavy (non-hydrogen) atoms. The van der Waals surface area contributed by atoms with E-state index in [9.17, 15) is 8.42 Å². The molecule has 0 saturated heterocycles. The van der Waals surface area contributed by atoms with E-state index in [1.54, 1.807) is 36.5 Å². The molecule has 2 aromatic carbocycles.